The zero-order valence-corrected chi connectivity index (χ0v) is 17.6. The van der Waals surface area contributed by atoms with Gasteiger partial charge in [-0.25, -0.2) is 13.2 Å². The van der Waals surface area contributed by atoms with E-state index in [0.717, 1.165) is 0 Å². The lowest BCUT2D eigenvalue weighted by Gasteiger charge is -2.12. The van der Waals surface area contributed by atoms with Crippen molar-refractivity contribution in [1.29, 1.82) is 0 Å². The number of hydrogen-bond acceptors (Lipinski definition) is 6. The third-order valence-electron chi connectivity index (χ3n) is 4.32. The lowest BCUT2D eigenvalue weighted by Crippen LogP contribution is -2.15. The lowest BCUT2D eigenvalue weighted by atomic mass is 10.1. The van der Waals surface area contributed by atoms with Crippen molar-refractivity contribution >= 4 is 33.3 Å². The fraction of sp³-hybridized carbons (Fsp3) is 0.0909. The summed E-state index contributed by atoms with van der Waals surface area (Å²) in [4.78, 5) is 24.5. The molecule has 0 saturated carbocycles. The highest BCUT2D eigenvalue weighted by atomic mass is 32.2. The third-order valence-corrected chi connectivity index (χ3v) is 5.72. The van der Waals surface area contributed by atoms with E-state index in [-0.39, 0.29) is 16.0 Å². The molecular formula is C22H20N2O6S. The summed E-state index contributed by atoms with van der Waals surface area (Å²) in [5, 5.41) is 2.68. The molecule has 0 atom stereocenters. The van der Waals surface area contributed by atoms with E-state index in [9.17, 15) is 18.0 Å². The Morgan fingerprint density at radius 2 is 1.48 bits per heavy atom. The van der Waals surface area contributed by atoms with Gasteiger partial charge in [0, 0.05) is 11.3 Å². The second kappa shape index (κ2) is 9.31. The first-order chi connectivity index (χ1) is 14.8. The molecule has 8 nitrogen and oxygen atoms in total. The smallest absolute Gasteiger partial charge is 0.337 e. The van der Waals surface area contributed by atoms with Crippen LogP contribution in [0.5, 0.6) is 5.75 Å². The summed E-state index contributed by atoms with van der Waals surface area (Å²) in [6.07, 6.45) is 0. The average molecular weight is 440 g/mol. The van der Waals surface area contributed by atoms with Crippen LogP contribution in [0.25, 0.3) is 0 Å². The molecule has 0 spiro atoms. The molecule has 0 radical (unpaired) electrons. The van der Waals surface area contributed by atoms with Crippen molar-refractivity contribution in [3.63, 3.8) is 0 Å². The maximum absolute atomic E-state index is 12.6. The van der Waals surface area contributed by atoms with Gasteiger partial charge in [0.15, 0.2) is 0 Å². The predicted molar refractivity (Wildman–Crippen MR) is 116 cm³/mol. The summed E-state index contributed by atoms with van der Waals surface area (Å²) >= 11 is 0. The topological polar surface area (TPSA) is 111 Å². The fourth-order valence-corrected chi connectivity index (χ4v) is 3.83. The molecule has 0 aliphatic carbocycles. The molecule has 3 aromatic rings. The van der Waals surface area contributed by atoms with Crippen molar-refractivity contribution < 1.29 is 27.5 Å². The summed E-state index contributed by atoms with van der Waals surface area (Å²) in [5.74, 6) is -0.640. The molecule has 3 aromatic carbocycles. The van der Waals surface area contributed by atoms with Crippen molar-refractivity contribution in [2.75, 3.05) is 24.3 Å². The molecule has 0 aliphatic heterocycles. The second-order valence-electron chi connectivity index (χ2n) is 6.36. The lowest BCUT2D eigenvalue weighted by molar-refractivity contribution is 0.0600. The highest BCUT2D eigenvalue weighted by molar-refractivity contribution is 7.92. The molecule has 0 unspecified atom stereocenters. The number of carbonyl (C=O) groups is 2. The third kappa shape index (κ3) is 5.20. The van der Waals surface area contributed by atoms with Crippen LogP contribution in [-0.2, 0) is 14.8 Å². The Hall–Kier alpha value is -3.85. The molecule has 0 saturated heterocycles. The number of nitrogens with one attached hydrogen (secondary N) is 2. The van der Waals surface area contributed by atoms with Gasteiger partial charge in [0.2, 0.25) is 0 Å². The molecule has 31 heavy (non-hydrogen) atoms. The zero-order valence-electron chi connectivity index (χ0n) is 16.8. The van der Waals surface area contributed by atoms with Crippen LogP contribution in [-0.4, -0.2) is 34.5 Å². The van der Waals surface area contributed by atoms with E-state index >= 15 is 0 Å². The summed E-state index contributed by atoms with van der Waals surface area (Å²) in [6.45, 7) is 0. The molecule has 0 aromatic heterocycles. The number of esters is 1. The van der Waals surface area contributed by atoms with Crippen molar-refractivity contribution in [2.45, 2.75) is 4.90 Å². The number of sulfonamides is 1. The number of hydrogen-bond donors (Lipinski definition) is 2. The molecule has 160 valence electrons. The quantitative estimate of drug-likeness (QED) is 0.544. The van der Waals surface area contributed by atoms with Gasteiger partial charge in [0.25, 0.3) is 15.9 Å². The van der Waals surface area contributed by atoms with Crippen LogP contribution in [0, 0.1) is 0 Å². The van der Waals surface area contributed by atoms with Gasteiger partial charge < -0.3 is 14.8 Å². The molecule has 0 heterocycles. The predicted octanol–water partition coefficient (Wildman–Crippen LogP) is 3.53. The minimum absolute atomic E-state index is 0.134. The van der Waals surface area contributed by atoms with Crippen LogP contribution in [0.4, 0.5) is 11.4 Å². The molecule has 0 bridgehead atoms. The Morgan fingerprint density at radius 3 is 2.10 bits per heavy atom. The number of benzene rings is 3. The van der Waals surface area contributed by atoms with Gasteiger partial charge in [0.1, 0.15) is 5.75 Å². The monoisotopic (exact) mass is 440 g/mol. The van der Waals surface area contributed by atoms with Crippen LogP contribution in [0.3, 0.4) is 0 Å². The largest absolute Gasteiger partial charge is 0.495 e. The Balaban J connectivity index is 1.76. The maximum Gasteiger partial charge on any atom is 0.337 e. The first kappa shape index (κ1) is 21.8. The first-order valence-electron chi connectivity index (χ1n) is 9.09. The fourth-order valence-electron chi connectivity index (χ4n) is 2.75. The molecular weight excluding hydrogens is 420 g/mol. The van der Waals surface area contributed by atoms with E-state index in [4.69, 9.17) is 9.47 Å². The Morgan fingerprint density at radius 1 is 0.839 bits per heavy atom. The van der Waals surface area contributed by atoms with Gasteiger partial charge in [-0.05, 0) is 54.6 Å². The number of anilines is 2. The number of ether oxygens (including phenoxy) is 2. The SMILES string of the molecule is COC(=O)c1ccc(OC)c(NC(=O)c2ccc(NS(=O)(=O)c3ccccc3)cc2)c1. The van der Waals surface area contributed by atoms with Crippen molar-refractivity contribution in [3.8, 4) is 5.75 Å². The van der Waals surface area contributed by atoms with Crippen LogP contribution < -0.4 is 14.8 Å². The maximum atomic E-state index is 12.6. The van der Waals surface area contributed by atoms with Crippen LogP contribution in [0.15, 0.2) is 77.7 Å². The molecule has 9 heteroatoms. The standard InChI is InChI=1S/C22H20N2O6S/c1-29-20-13-10-16(22(26)30-2)14-19(20)23-21(25)15-8-11-17(12-9-15)24-31(27,28)18-6-4-3-5-7-18/h3-14,24H,1-2H3,(H,23,25). The normalized spacial score (nSPS) is 10.8. The molecule has 0 fully saturated rings. The van der Waals surface area contributed by atoms with E-state index < -0.39 is 21.9 Å². The first-order valence-corrected chi connectivity index (χ1v) is 10.6. The molecule has 3 rings (SSSR count). The van der Waals surface area contributed by atoms with Crippen molar-refractivity contribution in [2.24, 2.45) is 0 Å². The summed E-state index contributed by atoms with van der Waals surface area (Å²) in [5.41, 5.74) is 1.15. The minimum atomic E-state index is -3.73. The second-order valence-corrected chi connectivity index (χ2v) is 8.04. The van der Waals surface area contributed by atoms with E-state index in [1.165, 1.54) is 62.8 Å². The van der Waals surface area contributed by atoms with Crippen molar-refractivity contribution in [3.05, 3.63) is 83.9 Å². The van der Waals surface area contributed by atoms with Crippen LogP contribution in [0.1, 0.15) is 20.7 Å². The Labute approximate surface area is 179 Å². The minimum Gasteiger partial charge on any atom is -0.495 e. The van der Waals surface area contributed by atoms with Gasteiger partial charge in [-0.3, -0.25) is 9.52 Å². The Bertz CT molecular complexity index is 1190. The summed E-state index contributed by atoms with van der Waals surface area (Å²) in [6, 6.07) is 18.4. The number of amides is 1. The average Bonchev–Trinajstić information content (AvgIpc) is 2.79. The summed E-state index contributed by atoms with van der Waals surface area (Å²) in [7, 11) is -1.03. The highest BCUT2D eigenvalue weighted by Crippen LogP contribution is 2.26. The van der Waals surface area contributed by atoms with E-state index in [1.807, 2.05) is 0 Å². The van der Waals surface area contributed by atoms with Gasteiger partial charge in [0.05, 0.1) is 30.4 Å². The molecule has 0 aliphatic rings. The van der Waals surface area contributed by atoms with E-state index in [0.29, 0.717) is 17.1 Å². The van der Waals surface area contributed by atoms with Gasteiger partial charge in [-0.2, -0.15) is 0 Å². The summed E-state index contributed by atoms with van der Waals surface area (Å²) < 4.78 is 37.2. The highest BCUT2D eigenvalue weighted by Gasteiger charge is 2.16. The van der Waals surface area contributed by atoms with Gasteiger partial charge >= 0.3 is 5.97 Å². The van der Waals surface area contributed by atoms with E-state index in [1.54, 1.807) is 24.3 Å². The Kier molecular flexibility index (Phi) is 6.56. The van der Waals surface area contributed by atoms with Gasteiger partial charge in [-0.1, -0.05) is 18.2 Å². The van der Waals surface area contributed by atoms with E-state index in [2.05, 4.69) is 10.0 Å². The number of rotatable bonds is 7. The molecule has 1 amide bonds. The van der Waals surface area contributed by atoms with Crippen LogP contribution in [0.2, 0.25) is 0 Å². The van der Waals surface area contributed by atoms with Crippen molar-refractivity contribution in [1.82, 2.24) is 0 Å². The molecule has 2 N–H and O–H groups in total. The number of methoxy groups -OCH3 is 2. The van der Waals surface area contributed by atoms with Crippen LogP contribution >= 0.6 is 0 Å². The number of carbonyl (C=O) groups excluding carboxylic acids is 2. The van der Waals surface area contributed by atoms with Gasteiger partial charge in [-0.15, -0.1) is 0 Å². The zero-order chi connectivity index (χ0) is 22.4.